The Morgan fingerprint density at radius 1 is 1.00 bits per heavy atom. The van der Waals surface area contributed by atoms with E-state index in [4.69, 9.17) is 4.98 Å². The van der Waals surface area contributed by atoms with Crippen LogP contribution in [0.5, 0.6) is 0 Å². The first-order valence-electron chi connectivity index (χ1n) is 11.2. The van der Waals surface area contributed by atoms with Crippen LogP contribution in [0.2, 0.25) is 0 Å². The molecule has 0 bridgehead atoms. The van der Waals surface area contributed by atoms with Gasteiger partial charge in [0.05, 0.1) is 5.69 Å². The van der Waals surface area contributed by atoms with Gasteiger partial charge in [-0.2, -0.15) is 0 Å². The van der Waals surface area contributed by atoms with E-state index < -0.39 is 0 Å². The number of aromatic nitrogens is 2. The normalized spacial score (nSPS) is 17.7. The predicted octanol–water partition coefficient (Wildman–Crippen LogP) is 4.22. The number of fused-ring (bicyclic) bond motifs is 2. The van der Waals surface area contributed by atoms with Gasteiger partial charge in [0.25, 0.3) is 5.91 Å². The van der Waals surface area contributed by atoms with Gasteiger partial charge in [0, 0.05) is 38.9 Å². The Labute approximate surface area is 178 Å². The number of hydrogen-bond donors (Lipinski definition) is 0. The van der Waals surface area contributed by atoms with Crippen LogP contribution in [0.1, 0.15) is 58.6 Å². The minimum absolute atomic E-state index is 0.102. The maximum Gasteiger partial charge on any atom is 0.274 e. The molecule has 0 radical (unpaired) electrons. The van der Waals surface area contributed by atoms with E-state index in [1.165, 1.54) is 29.5 Å². The Balaban J connectivity index is 1.48. The van der Waals surface area contributed by atoms with Crippen molar-refractivity contribution in [2.75, 3.05) is 19.6 Å². The van der Waals surface area contributed by atoms with Crippen LogP contribution in [-0.4, -0.2) is 44.7 Å². The molecule has 2 aromatic heterocycles. The quantitative estimate of drug-likeness (QED) is 0.659. The van der Waals surface area contributed by atoms with E-state index in [2.05, 4.69) is 58.8 Å². The van der Waals surface area contributed by atoms with Gasteiger partial charge in [0.2, 0.25) is 0 Å². The highest BCUT2D eigenvalue weighted by atomic mass is 16.2. The zero-order valence-corrected chi connectivity index (χ0v) is 17.8. The van der Waals surface area contributed by atoms with Crippen molar-refractivity contribution in [1.82, 2.24) is 19.2 Å². The number of pyridine rings is 1. The van der Waals surface area contributed by atoms with E-state index in [1.807, 2.05) is 4.90 Å². The third-order valence-electron chi connectivity index (χ3n) is 6.56. The van der Waals surface area contributed by atoms with Gasteiger partial charge in [0.1, 0.15) is 5.65 Å². The number of rotatable bonds is 3. The molecule has 5 rings (SSSR count). The summed E-state index contributed by atoms with van der Waals surface area (Å²) < 4.78 is 2.12. The highest BCUT2D eigenvalue weighted by molar-refractivity contribution is 5.94. The molecular formula is C25H30N4O. The maximum absolute atomic E-state index is 13.5. The van der Waals surface area contributed by atoms with Crippen molar-refractivity contribution >= 4 is 11.6 Å². The molecule has 0 unspecified atom stereocenters. The van der Waals surface area contributed by atoms with Gasteiger partial charge in [-0.05, 0) is 55.0 Å². The summed E-state index contributed by atoms with van der Waals surface area (Å²) in [7, 11) is 0. The Morgan fingerprint density at radius 2 is 1.77 bits per heavy atom. The summed E-state index contributed by atoms with van der Waals surface area (Å²) in [6, 6.07) is 12.9. The molecule has 1 fully saturated rings. The first-order chi connectivity index (χ1) is 14.7. The van der Waals surface area contributed by atoms with Crippen LogP contribution in [0.4, 0.5) is 0 Å². The summed E-state index contributed by atoms with van der Waals surface area (Å²) in [4.78, 5) is 22.8. The summed E-state index contributed by atoms with van der Waals surface area (Å²) in [5, 5.41) is 0. The first kappa shape index (κ1) is 19.3. The molecule has 0 spiro atoms. The average molecular weight is 403 g/mol. The molecule has 0 saturated carbocycles. The molecule has 5 nitrogen and oxygen atoms in total. The molecule has 30 heavy (non-hydrogen) atoms. The number of carbonyl (C=O) groups excluding carboxylic acids is 1. The lowest BCUT2D eigenvalue weighted by Crippen LogP contribution is -2.34. The van der Waals surface area contributed by atoms with Crippen molar-refractivity contribution in [1.29, 1.82) is 0 Å². The molecule has 1 amide bonds. The van der Waals surface area contributed by atoms with Crippen LogP contribution in [-0.2, 0) is 19.5 Å². The topological polar surface area (TPSA) is 40.9 Å². The van der Waals surface area contributed by atoms with Crippen LogP contribution in [0, 0.1) is 6.92 Å². The monoisotopic (exact) mass is 402 g/mol. The van der Waals surface area contributed by atoms with E-state index in [9.17, 15) is 4.79 Å². The van der Waals surface area contributed by atoms with Crippen LogP contribution in [0.25, 0.3) is 5.65 Å². The lowest BCUT2D eigenvalue weighted by atomic mass is 10.00. The highest BCUT2D eigenvalue weighted by Crippen LogP contribution is 2.24. The summed E-state index contributed by atoms with van der Waals surface area (Å²) in [5.74, 6) is 0.102. The summed E-state index contributed by atoms with van der Waals surface area (Å²) >= 11 is 0. The van der Waals surface area contributed by atoms with E-state index in [-0.39, 0.29) is 5.91 Å². The molecule has 0 atom stereocenters. The summed E-state index contributed by atoms with van der Waals surface area (Å²) in [6.07, 6.45) is 7.75. The zero-order chi connectivity index (χ0) is 20.5. The Morgan fingerprint density at radius 3 is 2.57 bits per heavy atom. The van der Waals surface area contributed by atoms with Gasteiger partial charge < -0.3 is 9.30 Å². The molecule has 1 aromatic carbocycles. The first-order valence-corrected chi connectivity index (χ1v) is 11.2. The highest BCUT2D eigenvalue weighted by Gasteiger charge is 2.26. The fraction of sp³-hybridized carbons (Fsp3) is 0.440. The van der Waals surface area contributed by atoms with E-state index in [0.717, 1.165) is 63.3 Å². The lowest BCUT2D eigenvalue weighted by molar-refractivity contribution is 0.0753. The third-order valence-corrected chi connectivity index (χ3v) is 6.56. The number of hydrogen-bond acceptors (Lipinski definition) is 3. The van der Waals surface area contributed by atoms with Gasteiger partial charge in [0.15, 0.2) is 5.69 Å². The van der Waals surface area contributed by atoms with Gasteiger partial charge in [-0.25, -0.2) is 4.98 Å². The molecule has 1 saturated heterocycles. The molecule has 2 aliphatic rings. The van der Waals surface area contributed by atoms with Crippen LogP contribution in [0.3, 0.4) is 0 Å². The number of likely N-dealkylation sites (tertiary alicyclic amines) is 1. The second-order valence-electron chi connectivity index (χ2n) is 8.78. The minimum atomic E-state index is 0.102. The Kier molecular flexibility index (Phi) is 5.30. The Bertz CT molecular complexity index is 1060. The van der Waals surface area contributed by atoms with Crippen molar-refractivity contribution < 1.29 is 4.79 Å². The van der Waals surface area contributed by atoms with Crippen molar-refractivity contribution in [2.24, 2.45) is 0 Å². The summed E-state index contributed by atoms with van der Waals surface area (Å²) in [5.41, 5.74) is 6.55. The van der Waals surface area contributed by atoms with Crippen LogP contribution < -0.4 is 0 Å². The van der Waals surface area contributed by atoms with E-state index in [0.29, 0.717) is 5.69 Å². The van der Waals surface area contributed by atoms with Crippen molar-refractivity contribution in [3.8, 4) is 0 Å². The predicted molar refractivity (Wildman–Crippen MR) is 119 cm³/mol. The van der Waals surface area contributed by atoms with Gasteiger partial charge in [-0.15, -0.1) is 0 Å². The minimum Gasteiger partial charge on any atom is -0.337 e. The third kappa shape index (κ3) is 3.74. The van der Waals surface area contributed by atoms with Crippen LogP contribution in [0.15, 0.2) is 42.6 Å². The van der Waals surface area contributed by atoms with E-state index in [1.54, 1.807) is 0 Å². The number of carbonyl (C=O) groups is 1. The second-order valence-corrected chi connectivity index (χ2v) is 8.78. The molecule has 156 valence electrons. The fourth-order valence-electron chi connectivity index (χ4n) is 4.84. The zero-order valence-electron chi connectivity index (χ0n) is 17.8. The number of imidazole rings is 1. The smallest absolute Gasteiger partial charge is 0.274 e. The largest absolute Gasteiger partial charge is 0.337 e. The Hall–Kier alpha value is -2.66. The fourth-order valence-corrected chi connectivity index (χ4v) is 4.84. The van der Waals surface area contributed by atoms with Gasteiger partial charge in [-0.3, -0.25) is 9.69 Å². The van der Waals surface area contributed by atoms with E-state index >= 15 is 0 Å². The number of nitrogens with zero attached hydrogens (tertiary/aromatic N) is 4. The average Bonchev–Trinajstić information content (AvgIpc) is 2.93. The molecule has 0 aliphatic carbocycles. The lowest BCUT2D eigenvalue weighted by Gasteiger charge is -2.29. The molecule has 2 aliphatic heterocycles. The van der Waals surface area contributed by atoms with Crippen molar-refractivity contribution in [3.05, 3.63) is 70.7 Å². The van der Waals surface area contributed by atoms with Crippen molar-refractivity contribution in [3.63, 3.8) is 0 Å². The van der Waals surface area contributed by atoms with Crippen LogP contribution >= 0.6 is 0 Å². The SMILES string of the molecule is Cc1ccn2c(CN3CCc4ccccc4C3)c(C(=O)N3CCCCCC3)nc2c1. The molecule has 5 heteroatoms. The molecule has 3 aromatic rings. The van der Waals surface area contributed by atoms with Gasteiger partial charge >= 0.3 is 0 Å². The summed E-state index contributed by atoms with van der Waals surface area (Å²) in [6.45, 7) is 6.45. The van der Waals surface area contributed by atoms with Crippen molar-refractivity contribution in [2.45, 2.75) is 52.1 Å². The van der Waals surface area contributed by atoms with Gasteiger partial charge in [-0.1, -0.05) is 37.1 Å². The molecule has 4 heterocycles. The molecular weight excluding hydrogens is 372 g/mol. The molecule has 0 N–H and O–H groups in total. The number of aryl methyl sites for hydroxylation is 1. The number of amides is 1. The standard InChI is InChI=1S/C25H30N4O/c1-19-10-15-29-22(18-27-14-11-20-8-4-5-9-21(20)17-27)24(26-23(29)16-19)25(30)28-12-6-2-3-7-13-28/h4-5,8-10,15-16H,2-3,6-7,11-14,17-18H2,1H3. The number of benzene rings is 1. The maximum atomic E-state index is 13.5. The second kappa shape index (κ2) is 8.23.